The monoisotopic (exact) mass is 552 g/mol. The van der Waals surface area contributed by atoms with Crippen LogP contribution in [0, 0.1) is 19.3 Å². The summed E-state index contributed by atoms with van der Waals surface area (Å²) in [7, 11) is 0. The average molecular weight is 553 g/mol. The molecule has 8 nitrogen and oxygen atoms in total. The van der Waals surface area contributed by atoms with Gasteiger partial charge in [-0.1, -0.05) is 6.07 Å². The summed E-state index contributed by atoms with van der Waals surface area (Å²) in [5.41, 5.74) is 0.598. The number of hydrogen-bond acceptors (Lipinski definition) is 5. The van der Waals surface area contributed by atoms with Crippen molar-refractivity contribution in [3.63, 3.8) is 0 Å². The Hall–Kier alpha value is -3.71. The number of benzene rings is 2. The van der Waals surface area contributed by atoms with E-state index in [1.807, 2.05) is 20.8 Å². The van der Waals surface area contributed by atoms with Crippen molar-refractivity contribution in [2.75, 3.05) is 22.9 Å². The summed E-state index contributed by atoms with van der Waals surface area (Å²) in [4.78, 5) is 33.9. The van der Waals surface area contributed by atoms with E-state index >= 15 is 4.39 Å². The number of halogens is 1. The van der Waals surface area contributed by atoms with E-state index in [2.05, 4.69) is 4.85 Å². The van der Waals surface area contributed by atoms with Gasteiger partial charge in [-0.15, -0.1) is 0 Å². The summed E-state index contributed by atoms with van der Waals surface area (Å²) >= 11 is 5.70. The number of amides is 2. The third-order valence-electron chi connectivity index (χ3n) is 6.79. The molecule has 0 aliphatic carbocycles. The van der Waals surface area contributed by atoms with E-state index < -0.39 is 17.0 Å². The smallest absolute Gasteiger partial charge is 0.410 e. The number of carbonyl (C=O) groups is 2. The number of thiocarbonyl (C=S) groups is 1. The zero-order valence-corrected chi connectivity index (χ0v) is 23.9. The Kier molecular flexibility index (Phi) is 7.59. The van der Waals surface area contributed by atoms with Crippen LogP contribution >= 0.6 is 12.2 Å². The van der Waals surface area contributed by atoms with E-state index in [4.69, 9.17) is 28.3 Å². The molecule has 4 rings (SSSR count). The molecule has 2 fully saturated rings. The van der Waals surface area contributed by atoms with Gasteiger partial charge in [0, 0.05) is 43.4 Å². The van der Waals surface area contributed by atoms with Gasteiger partial charge in [0.25, 0.3) is 5.91 Å². The Bertz CT molecular complexity index is 1360. The number of nitrogens with zero attached hydrogens (tertiary/aromatic N) is 4. The van der Waals surface area contributed by atoms with Crippen LogP contribution in [0.5, 0.6) is 5.75 Å². The predicted octanol–water partition coefficient (Wildman–Crippen LogP) is 6.38. The fourth-order valence-electron chi connectivity index (χ4n) is 4.75. The molecule has 2 aliphatic rings. The molecular weight excluding hydrogens is 519 g/mol. The summed E-state index contributed by atoms with van der Waals surface area (Å²) in [5, 5.41) is 0.225. The van der Waals surface area contributed by atoms with Gasteiger partial charge in [-0.2, -0.15) is 0 Å². The molecule has 2 aromatic carbocycles. The zero-order chi connectivity index (χ0) is 28.7. The van der Waals surface area contributed by atoms with Gasteiger partial charge >= 0.3 is 6.09 Å². The summed E-state index contributed by atoms with van der Waals surface area (Å²) in [6.07, 6.45) is 0.506. The van der Waals surface area contributed by atoms with E-state index in [-0.39, 0.29) is 29.0 Å². The van der Waals surface area contributed by atoms with E-state index in [9.17, 15) is 9.59 Å². The predicted molar refractivity (Wildman–Crippen MR) is 152 cm³/mol. The highest BCUT2D eigenvalue weighted by Gasteiger charge is 2.50. The average Bonchev–Trinajstić information content (AvgIpc) is 3.03. The van der Waals surface area contributed by atoms with E-state index in [0.717, 1.165) is 5.56 Å². The lowest BCUT2D eigenvalue weighted by atomic mass is 10.0. The molecule has 0 radical (unpaired) electrons. The minimum Gasteiger partial charge on any atom is -0.487 e. The zero-order valence-electron chi connectivity index (χ0n) is 23.1. The molecule has 2 saturated heterocycles. The molecule has 2 aromatic rings. The summed E-state index contributed by atoms with van der Waals surface area (Å²) in [6, 6.07) is 9.66. The topological polar surface area (TPSA) is 66.7 Å². The first-order valence-corrected chi connectivity index (χ1v) is 13.2. The lowest BCUT2D eigenvalue weighted by Gasteiger charge is -2.33. The number of ether oxygens (including phenoxy) is 2. The number of aryl methyl sites for hydroxylation is 1. The fraction of sp³-hybridized carbons (Fsp3) is 0.448. The lowest BCUT2D eigenvalue weighted by Crippen LogP contribution is -2.44. The number of hydrogen-bond donors (Lipinski definition) is 0. The molecular formula is C29H33FN4O4S. The Morgan fingerprint density at radius 3 is 2.33 bits per heavy atom. The number of anilines is 2. The second kappa shape index (κ2) is 10.5. The van der Waals surface area contributed by atoms with Gasteiger partial charge in [0.1, 0.15) is 17.2 Å². The van der Waals surface area contributed by atoms with E-state index in [1.54, 1.807) is 60.9 Å². The van der Waals surface area contributed by atoms with Gasteiger partial charge in [0.05, 0.1) is 6.57 Å². The van der Waals surface area contributed by atoms with Crippen molar-refractivity contribution in [1.29, 1.82) is 0 Å². The Balaban J connectivity index is 1.48. The number of carbonyl (C=O) groups excluding carboxylic acids is 2. The van der Waals surface area contributed by atoms with Crippen molar-refractivity contribution in [1.82, 2.24) is 4.90 Å². The van der Waals surface area contributed by atoms with Gasteiger partial charge < -0.3 is 19.3 Å². The SMILES string of the molecule is [C-]#[N+]c1ccc(N2C(=O)C(C)(C)N(c3ccc(OC4CCN(C(=O)OC(C)(C)C)CC4)c(F)c3)C2=S)cc1C. The van der Waals surface area contributed by atoms with Gasteiger partial charge in [-0.05, 0) is 83.6 Å². The third-order valence-corrected chi connectivity index (χ3v) is 7.15. The molecule has 0 unspecified atom stereocenters. The van der Waals surface area contributed by atoms with Gasteiger partial charge in [-0.3, -0.25) is 9.69 Å². The maximum Gasteiger partial charge on any atom is 0.410 e. The highest BCUT2D eigenvalue weighted by atomic mass is 32.1. The molecule has 0 spiro atoms. The minimum absolute atomic E-state index is 0.103. The van der Waals surface area contributed by atoms with Crippen LogP contribution in [0.4, 0.5) is 26.2 Å². The van der Waals surface area contributed by atoms with Gasteiger partial charge in [-0.25, -0.2) is 14.0 Å². The van der Waals surface area contributed by atoms with Crippen LogP contribution in [0.2, 0.25) is 0 Å². The third kappa shape index (κ3) is 5.69. The van der Waals surface area contributed by atoms with Crippen LogP contribution in [0.25, 0.3) is 4.85 Å². The highest BCUT2D eigenvalue weighted by molar-refractivity contribution is 7.81. The quantitative estimate of drug-likeness (QED) is 0.324. The maximum absolute atomic E-state index is 15.3. The van der Waals surface area contributed by atoms with Crippen LogP contribution in [0.15, 0.2) is 36.4 Å². The molecule has 0 saturated carbocycles. The van der Waals surface area contributed by atoms with Crippen molar-refractivity contribution in [2.24, 2.45) is 0 Å². The normalized spacial score (nSPS) is 17.8. The molecule has 0 N–H and O–H groups in total. The molecule has 2 heterocycles. The molecule has 2 aliphatic heterocycles. The van der Waals surface area contributed by atoms with E-state index in [1.165, 1.54) is 11.0 Å². The second-order valence-electron chi connectivity index (χ2n) is 11.3. The van der Waals surface area contributed by atoms with E-state index in [0.29, 0.717) is 43.0 Å². The van der Waals surface area contributed by atoms with Crippen molar-refractivity contribution < 1.29 is 23.5 Å². The highest BCUT2D eigenvalue weighted by Crippen LogP contribution is 2.39. The van der Waals surface area contributed by atoms with Crippen LogP contribution in [-0.2, 0) is 9.53 Å². The van der Waals surface area contributed by atoms with Crippen LogP contribution in [-0.4, -0.2) is 52.3 Å². The first-order chi connectivity index (χ1) is 18.2. The van der Waals surface area contributed by atoms with Crippen LogP contribution < -0.4 is 14.5 Å². The second-order valence-corrected chi connectivity index (χ2v) is 11.7. The lowest BCUT2D eigenvalue weighted by molar-refractivity contribution is -0.120. The first-order valence-electron chi connectivity index (χ1n) is 12.8. The molecule has 10 heteroatoms. The molecule has 39 heavy (non-hydrogen) atoms. The van der Waals surface area contributed by atoms with Crippen LogP contribution in [0.3, 0.4) is 0 Å². The van der Waals surface area contributed by atoms with Crippen molar-refractivity contribution in [3.8, 4) is 5.75 Å². The number of likely N-dealkylation sites (tertiary alicyclic amines) is 1. The van der Waals surface area contributed by atoms with Gasteiger partial charge in [0.2, 0.25) is 0 Å². The minimum atomic E-state index is -1.06. The van der Waals surface area contributed by atoms with Crippen molar-refractivity contribution >= 4 is 46.4 Å². The number of rotatable bonds is 4. The first kappa shape index (κ1) is 28.3. The molecule has 0 bridgehead atoms. The number of piperidine rings is 1. The largest absolute Gasteiger partial charge is 0.487 e. The molecule has 206 valence electrons. The van der Waals surface area contributed by atoms with Gasteiger partial charge in [0.15, 0.2) is 22.4 Å². The van der Waals surface area contributed by atoms with Crippen molar-refractivity contribution in [3.05, 3.63) is 59.2 Å². The summed E-state index contributed by atoms with van der Waals surface area (Å²) in [6.45, 7) is 18.9. The maximum atomic E-state index is 15.3. The standard InChI is InChI=1S/C29H33FN4O4S/c1-18-16-19(8-10-23(18)31-7)33-25(35)29(5,6)34(26(33)39)20-9-11-24(22(30)17-20)37-21-12-14-32(15-13-21)27(36)38-28(2,3)4/h8-11,16-17,21H,12-15H2,1-6H3. The molecule has 0 aromatic heterocycles. The Labute approximate surface area is 234 Å². The summed E-state index contributed by atoms with van der Waals surface area (Å²) < 4.78 is 26.7. The molecule has 0 atom stereocenters. The Morgan fingerprint density at radius 2 is 1.77 bits per heavy atom. The molecule has 2 amide bonds. The summed E-state index contributed by atoms with van der Waals surface area (Å²) in [5.74, 6) is -0.713. The fourth-order valence-corrected chi connectivity index (χ4v) is 5.27. The van der Waals surface area contributed by atoms with Crippen molar-refractivity contribution in [2.45, 2.75) is 71.6 Å². The van der Waals surface area contributed by atoms with Crippen LogP contribution in [0.1, 0.15) is 53.0 Å². The Morgan fingerprint density at radius 1 is 1.13 bits per heavy atom.